The molecule has 1 saturated heterocycles. The lowest BCUT2D eigenvalue weighted by Crippen LogP contribution is -2.62. The molecule has 1 aliphatic rings. The van der Waals surface area contributed by atoms with Crippen LogP contribution >= 0.6 is 15.9 Å². The number of anilines is 1. The number of β-amino-alcohol motifs (C(OH)–C–C–N with tert-alkyl or cyclic N) is 1. The predicted octanol–water partition coefficient (Wildman–Crippen LogP) is 2.50. The minimum Gasteiger partial charge on any atom is -0.386 e. The van der Waals surface area contributed by atoms with Gasteiger partial charge in [0.15, 0.2) is 0 Å². The van der Waals surface area contributed by atoms with Crippen LogP contribution in [0.25, 0.3) is 0 Å². The van der Waals surface area contributed by atoms with Crippen LogP contribution in [0, 0.1) is 6.92 Å². The fourth-order valence-electron chi connectivity index (χ4n) is 2.16. The zero-order valence-electron chi connectivity index (χ0n) is 9.70. The molecule has 1 aromatic heterocycles. The van der Waals surface area contributed by atoms with Crippen LogP contribution in [-0.2, 0) is 0 Å². The first-order valence-corrected chi connectivity index (χ1v) is 6.44. The average Bonchev–Trinajstić information content (AvgIpc) is 2.19. The van der Waals surface area contributed by atoms with Gasteiger partial charge in [-0.25, -0.2) is 4.98 Å². The molecule has 1 aromatic rings. The predicted molar refractivity (Wildman–Crippen MR) is 68.7 cm³/mol. The fourth-order valence-corrected chi connectivity index (χ4v) is 2.38. The SMILES string of the molecule is CCCC1(O)CN(c2ccc(Br)c(C)n2)C1. The van der Waals surface area contributed by atoms with Gasteiger partial charge in [0, 0.05) is 17.6 Å². The Labute approximate surface area is 105 Å². The smallest absolute Gasteiger partial charge is 0.129 e. The first-order chi connectivity index (χ1) is 7.54. The Balaban J connectivity index is 2.04. The van der Waals surface area contributed by atoms with Gasteiger partial charge in [-0.05, 0) is 41.4 Å². The Kier molecular flexibility index (Phi) is 3.22. The Bertz CT molecular complexity index is 389. The minimum atomic E-state index is -0.489. The molecule has 0 aromatic carbocycles. The summed E-state index contributed by atoms with van der Waals surface area (Å²) >= 11 is 3.44. The minimum absolute atomic E-state index is 0.489. The van der Waals surface area contributed by atoms with E-state index < -0.39 is 5.60 Å². The molecule has 0 aliphatic carbocycles. The van der Waals surface area contributed by atoms with Gasteiger partial charge in [-0.3, -0.25) is 0 Å². The Morgan fingerprint density at radius 1 is 1.50 bits per heavy atom. The molecule has 2 heterocycles. The van der Waals surface area contributed by atoms with Crippen molar-refractivity contribution in [3.8, 4) is 0 Å². The second kappa shape index (κ2) is 4.34. The van der Waals surface area contributed by atoms with E-state index >= 15 is 0 Å². The van der Waals surface area contributed by atoms with Crippen LogP contribution < -0.4 is 4.90 Å². The highest BCUT2D eigenvalue weighted by Crippen LogP contribution is 2.30. The Hall–Kier alpha value is -0.610. The third-order valence-corrected chi connectivity index (χ3v) is 3.85. The molecule has 0 bridgehead atoms. The van der Waals surface area contributed by atoms with Gasteiger partial charge >= 0.3 is 0 Å². The number of hydrogen-bond donors (Lipinski definition) is 1. The maximum absolute atomic E-state index is 10.1. The highest BCUT2D eigenvalue weighted by Gasteiger charge is 2.40. The summed E-state index contributed by atoms with van der Waals surface area (Å²) < 4.78 is 1.03. The lowest BCUT2D eigenvalue weighted by atomic mass is 9.89. The largest absolute Gasteiger partial charge is 0.386 e. The van der Waals surface area contributed by atoms with E-state index in [9.17, 15) is 5.11 Å². The van der Waals surface area contributed by atoms with Crippen molar-refractivity contribution in [2.75, 3.05) is 18.0 Å². The van der Waals surface area contributed by atoms with E-state index in [-0.39, 0.29) is 0 Å². The van der Waals surface area contributed by atoms with Crippen LogP contribution in [0.4, 0.5) is 5.82 Å². The summed E-state index contributed by atoms with van der Waals surface area (Å²) in [7, 11) is 0. The van der Waals surface area contributed by atoms with Crippen molar-refractivity contribution < 1.29 is 5.11 Å². The molecule has 0 radical (unpaired) electrons. The number of hydrogen-bond acceptors (Lipinski definition) is 3. The molecule has 1 fully saturated rings. The summed E-state index contributed by atoms with van der Waals surface area (Å²) in [6, 6.07) is 4.00. The molecule has 0 atom stereocenters. The van der Waals surface area contributed by atoms with Crippen LogP contribution in [0.3, 0.4) is 0 Å². The Morgan fingerprint density at radius 2 is 2.19 bits per heavy atom. The highest BCUT2D eigenvalue weighted by molar-refractivity contribution is 9.10. The normalized spacial score (nSPS) is 18.4. The maximum atomic E-state index is 10.1. The third kappa shape index (κ3) is 2.23. The van der Waals surface area contributed by atoms with Crippen molar-refractivity contribution in [3.63, 3.8) is 0 Å². The van der Waals surface area contributed by atoms with Crippen molar-refractivity contribution in [1.29, 1.82) is 0 Å². The molecule has 3 nitrogen and oxygen atoms in total. The van der Waals surface area contributed by atoms with Gasteiger partial charge in [0.05, 0.1) is 11.3 Å². The van der Waals surface area contributed by atoms with E-state index in [4.69, 9.17) is 0 Å². The number of aliphatic hydroxyl groups is 1. The average molecular weight is 285 g/mol. The summed E-state index contributed by atoms with van der Waals surface area (Å²) in [5.41, 5.74) is 0.501. The summed E-state index contributed by atoms with van der Waals surface area (Å²) in [5, 5.41) is 10.1. The van der Waals surface area contributed by atoms with Gasteiger partial charge in [0.1, 0.15) is 5.82 Å². The molecule has 88 valence electrons. The molecule has 0 spiro atoms. The van der Waals surface area contributed by atoms with E-state index in [1.807, 2.05) is 19.1 Å². The Morgan fingerprint density at radius 3 is 2.75 bits per heavy atom. The molecule has 1 N–H and O–H groups in total. The van der Waals surface area contributed by atoms with E-state index in [2.05, 4.69) is 32.7 Å². The molecule has 0 unspecified atom stereocenters. The van der Waals surface area contributed by atoms with E-state index in [0.717, 1.165) is 28.8 Å². The van der Waals surface area contributed by atoms with E-state index in [1.54, 1.807) is 0 Å². The zero-order chi connectivity index (χ0) is 11.8. The summed E-state index contributed by atoms with van der Waals surface area (Å²) in [6.07, 6.45) is 1.90. The van der Waals surface area contributed by atoms with E-state index in [1.165, 1.54) is 0 Å². The first kappa shape index (κ1) is 11.9. The maximum Gasteiger partial charge on any atom is 0.129 e. The van der Waals surface area contributed by atoms with Crippen molar-refractivity contribution in [3.05, 3.63) is 22.3 Å². The molecule has 16 heavy (non-hydrogen) atoms. The van der Waals surface area contributed by atoms with Crippen LogP contribution in [0.15, 0.2) is 16.6 Å². The van der Waals surface area contributed by atoms with Gasteiger partial charge < -0.3 is 10.0 Å². The lowest BCUT2D eigenvalue weighted by Gasteiger charge is -2.47. The molecule has 4 heteroatoms. The molecular weight excluding hydrogens is 268 g/mol. The standard InChI is InChI=1S/C12H17BrN2O/c1-3-6-12(16)7-15(8-12)11-5-4-10(13)9(2)14-11/h4-5,16H,3,6-8H2,1-2H3. The number of pyridine rings is 1. The second-order valence-corrected chi connectivity index (χ2v) is 5.42. The molecule has 2 rings (SSSR count). The van der Waals surface area contributed by atoms with Gasteiger partial charge in [0.25, 0.3) is 0 Å². The quantitative estimate of drug-likeness (QED) is 0.927. The number of aryl methyl sites for hydroxylation is 1. The number of rotatable bonds is 3. The van der Waals surface area contributed by atoms with Gasteiger partial charge in [-0.2, -0.15) is 0 Å². The number of halogens is 1. The third-order valence-electron chi connectivity index (χ3n) is 3.02. The summed E-state index contributed by atoms with van der Waals surface area (Å²) in [4.78, 5) is 6.61. The number of aromatic nitrogens is 1. The van der Waals surface area contributed by atoms with Crippen LogP contribution in [-0.4, -0.2) is 28.8 Å². The van der Waals surface area contributed by atoms with Crippen molar-refractivity contribution in [1.82, 2.24) is 4.98 Å². The topological polar surface area (TPSA) is 36.4 Å². The molecule has 0 amide bonds. The van der Waals surface area contributed by atoms with Crippen molar-refractivity contribution in [2.24, 2.45) is 0 Å². The van der Waals surface area contributed by atoms with E-state index in [0.29, 0.717) is 13.1 Å². The summed E-state index contributed by atoms with van der Waals surface area (Å²) in [5.74, 6) is 0.960. The number of nitrogens with zero attached hydrogens (tertiary/aromatic N) is 2. The first-order valence-electron chi connectivity index (χ1n) is 5.64. The molecular formula is C12H17BrN2O. The second-order valence-electron chi connectivity index (χ2n) is 4.57. The fraction of sp³-hybridized carbons (Fsp3) is 0.583. The van der Waals surface area contributed by atoms with Crippen LogP contribution in [0.1, 0.15) is 25.5 Å². The van der Waals surface area contributed by atoms with Crippen molar-refractivity contribution in [2.45, 2.75) is 32.3 Å². The summed E-state index contributed by atoms with van der Waals surface area (Å²) in [6.45, 7) is 5.48. The van der Waals surface area contributed by atoms with Crippen LogP contribution in [0.5, 0.6) is 0 Å². The molecule has 1 aliphatic heterocycles. The zero-order valence-corrected chi connectivity index (χ0v) is 11.3. The van der Waals surface area contributed by atoms with Gasteiger partial charge in [0.2, 0.25) is 0 Å². The van der Waals surface area contributed by atoms with Gasteiger partial charge in [-0.15, -0.1) is 0 Å². The lowest BCUT2D eigenvalue weighted by molar-refractivity contribution is 0.00293. The van der Waals surface area contributed by atoms with Gasteiger partial charge in [-0.1, -0.05) is 13.3 Å². The molecule has 0 saturated carbocycles. The van der Waals surface area contributed by atoms with Crippen LogP contribution in [0.2, 0.25) is 0 Å². The van der Waals surface area contributed by atoms with Crippen molar-refractivity contribution >= 4 is 21.7 Å². The highest BCUT2D eigenvalue weighted by atomic mass is 79.9. The monoisotopic (exact) mass is 284 g/mol.